The molecule has 2 rings (SSSR count). The Morgan fingerprint density at radius 1 is 1.25 bits per heavy atom. The van der Waals surface area contributed by atoms with Crippen molar-refractivity contribution in [1.29, 1.82) is 0 Å². The highest BCUT2D eigenvalue weighted by Crippen LogP contribution is 2.14. The van der Waals surface area contributed by atoms with Gasteiger partial charge in [0.15, 0.2) is 5.82 Å². The molecule has 0 fully saturated rings. The fourth-order valence-electron chi connectivity index (χ4n) is 1.25. The molecule has 0 aliphatic heterocycles. The van der Waals surface area contributed by atoms with Crippen molar-refractivity contribution < 1.29 is 0 Å². The largest absolute Gasteiger partial charge is 0.368 e. The summed E-state index contributed by atoms with van der Waals surface area (Å²) in [7, 11) is 0. The summed E-state index contributed by atoms with van der Waals surface area (Å²) in [5.41, 5.74) is 7.43. The molecule has 4 heteroatoms. The first-order valence-corrected chi connectivity index (χ1v) is 4.94. The summed E-state index contributed by atoms with van der Waals surface area (Å²) in [5, 5.41) is 0. The third-order valence-corrected chi connectivity index (χ3v) is 2.10. The Hall–Kier alpha value is -2.23. The van der Waals surface area contributed by atoms with Crippen LogP contribution in [0.1, 0.15) is 11.1 Å². The summed E-state index contributed by atoms with van der Waals surface area (Å²) >= 11 is 0. The van der Waals surface area contributed by atoms with Gasteiger partial charge in [0, 0.05) is 18.0 Å². The van der Waals surface area contributed by atoms with Gasteiger partial charge in [-0.2, -0.15) is 4.98 Å². The Balaban J connectivity index is 2.27. The average Bonchev–Trinajstić information content (AvgIpc) is 2.32. The van der Waals surface area contributed by atoms with Crippen LogP contribution in [0, 0.1) is 6.92 Å². The molecule has 0 saturated heterocycles. The van der Waals surface area contributed by atoms with Crippen LogP contribution in [0.4, 0.5) is 11.8 Å². The molecule has 2 N–H and O–H groups in total. The zero-order valence-corrected chi connectivity index (χ0v) is 8.96. The minimum Gasteiger partial charge on any atom is -0.368 e. The molecular formula is C12H12N4. The molecule has 0 radical (unpaired) electrons. The Labute approximate surface area is 93.9 Å². The molecule has 0 amide bonds. The highest BCUT2D eigenvalue weighted by atomic mass is 15.0. The van der Waals surface area contributed by atoms with Gasteiger partial charge in [-0.3, -0.25) is 0 Å². The SMILES string of the molecule is Cc1cnc(N)nc1N=Cc1ccccc1. The second kappa shape index (κ2) is 4.53. The highest BCUT2D eigenvalue weighted by Gasteiger charge is 1.98. The Kier molecular flexibility index (Phi) is 2.91. The summed E-state index contributed by atoms with van der Waals surface area (Å²) in [5.74, 6) is 0.849. The van der Waals surface area contributed by atoms with E-state index in [-0.39, 0.29) is 5.95 Å². The molecular weight excluding hydrogens is 200 g/mol. The molecule has 1 heterocycles. The maximum absolute atomic E-state index is 5.50. The number of rotatable bonds is 2. The summed E-state index contributed by atoms with van der Waals surface area (Å²) in [4.78, 5) is 12.2. The first-order valence-electron chi connectivity index (χ1n) is 4.94. The van der Waals surface area contributed by atoms with Gasteiger partial charge in [0.1, 0.15) is 0 Å². The molecule has 2 aromatic rings. The van der Waals surface area contributed by atoms with Crippen LogP contribution in [-0.4, -0.2) is 16.2 Å². The average molecular weight is 212 g/mol. The van der Waals surface area contributed by atoms with Gasteiger partial charge >= 0.3 is 0 Å². The van der Waals surface area contributed by atoms with Gasteiger partial charge in [0.2, 0.25) is 5.95 Å². The van der Waals surface area contributed by atoms with E-state index in [0.717, 1.165) is 11.1 Å². The lowest BCUT2D eigenvalue weighted by molar-refractivity contribution is 1.13. The zero-order chi connectivity index (χ0) is 11.4. The molecule has 16 heavy (non-hydrogen) atoms. The predicted molar refractivity (Wildman–Crippen MR) is 64.9 cm³/mol. The summed E-state index contributed by atoms with van der Waals surface area (Å²) in [6.07, 6.45) is 3.43. The van der Waals surface area contributed by atoms with Gasteiger partial charge in [-0.25, -0.2) is 9.98 Å². The van der Waals surface area contributed by atoms with Crippen LogP contribution < -0.4 is 5.73 Å². The van der Waals surface area contributed by atoms with E-state index in [2.05, 4.69) is 15.0 Å². The van der Waals surface area contributed by atoms with Crippen LogP contribution in [0.5, 0.6) is 0 Å². The van der Waals surface area contributed by atoms with E-state index in [1.54, 1.807) is 12.4 Å². The highest BCUT2D eigenvalue weighted by molar-refractivity contribution is 5.81. The van der Waals surface area contributed by atoms with Crippen molar-refractivity contribution in [2.75, 3.05) is 5.73 Å². The van der Waals surface area contributed by atoms with E-state index in [0.29, 0.717) is 5.82 Å². The topological polar surface area (TPSA) is 64.2 Å². The molecule has 1 aromatic carbocycles. The molecule has 4 nitrogen and oxygen atoms in total. The lowest BCUT2D eigenvalue weighted by atomic mass is 10.2. The zero-order valence-electron chi connectivity index (χ0n) is 8.96. The quantitative estimate of drug-likeness (QED) is 0.775. The summed E-state index contributed by atoms with van der Waals surface area (Å²) < 4.78 is 0. The van der Waals surface area contributed by atoms with E-state index in [1.165, 1.54) is 0 Å². The summed E-state index contributed by atoms with van der Waals surface area (Å²) in [6.45, 7) is 1.90. The maximum Gasteiger partial charge on any atom is 0.222 e. The first kappa shape index (κ1) is 10.3. The van der Waals surface area contributed by atoms with Crippen molar-refractivity contribution in [3.8, 4) is 0 Å². The van der Waals surface area contributed by atoms with Crippen molar-refractivity contribution >= 4 is 18.0 Å². The lowest BCUT2D eigenvalue weighted by Gasteiger charge is -1.98. The first-order chi connectivity index (χ1) is 7.75. The number of aliphatic imine (C=N–C) groups is 1. The standard InChI is InChI=1S/C12H12N4/c1-9-7-15-12(13)16-11(9)14-8-10-5-3-2-4-6-10/h2-8H,1H3,(H2,13,15,16). The number of aryl methyl sites for hydroxylation is 1. The molecule has 0 aliphatic carbocycles. The summed E-state index contributed by atoms with van der Waals surface area (Å²) in [6, 6.07) is 9.84. The maximum atomic E-state index is 5.50. The monoisotopic (exact) mass is 212 g/mol. The number of hydrogen-bond acceptors (Lipinski definition) is 4. The number of nitrogen functional groups attached to an aromatic ring is 1. The smallest absolute Gasteiger partial charge is 0.222 e. The van der Waals surface area contributed by atoms with Gasteiger partial charge in [0.05, 0.1) is 0 Å². The van der Waals surface area contributed by atoms with Gasteiger partial charge in [-0.1, -0.05) is 30.3 Å². The van der Waals surface area contributed by atoms with E-state index >= 15 is 0 Å². The van der Waals surface area contributed by atoms with Crippen LogP contribution in [0.25, 0.3) is 0 Å². The van der Waals surface area contributed by atoms with Crippen molar-refractivity contribution in [2.45, 2.75) is 6.92 Å². The number of nitrogens with two attached hydrogens (primary N) is 1. The number of aromatic nitrogens is 2. The molecule has 0 bridgehead atoms. The minimum atomic E-state index is 0.241. The molecule has 80 valence electrons. The van der Waals surface area contributed by atoms with Crippen LogP contribution in [0.15, 0.2) is 41.5 Å². The third kappa shape index (κ3) is 2.42. The number of anilines is 1. The minimum absolute atomic E-state index is 0.241. The van der Waals surface area contributed by atoms with Crippen molar-refractivity contribution in [3.05, 3.63) is 47.7 Å². The van der Waals surface area contributed by atoms with Crippen molar-refractivity contribution in [3.63, 3.8) is 0 Å². The van der Waals surface area contributed by atoms with Crippen LogP contribution in [0.3, 0.4) is 0 Å². The molecule has 0 saturated carbocycles. The number of benzene rings is 1. The van der Waals surface area contributed by atoms with Crippen LogP contribution in [-0.2, 0) is 0 Å². The number of hydrogen-bond donors (Lipinski definition) is 1. The molecule has 0 spiro atoms. The van der Waals surface area contributed by atoms with Gasteiger partial charge in [-0.15, -0.1) is 0 Å². The van der Waals surface area contributed by atoms with E-state index < -0.39 is 0 Å². The molecule has 1 aromatic heterocycles. The molecule has 0 unspecified atom stereocenters. The normalized spacial score (nSPS) is 10.8. The molecule has 0 atom stereocenters. The number of nitrogens with zero attached hydrogens (tertiary/aromatic N) is 3. The second-order valence-electron chi connectivity index (χ2n) is 3.40. The fourth-order valence-corrected chi connectivity index (χ4v) is 1.25. The van der Waals surface area contributed by atoms with Gasteiger partial charge in [0.25, 0.3) is 0 Å². The van der Waals surface area contributed by atoms with E-state index in [4.69, 9.17) is 5.73 Å². The Morgan fingerprint density at radius 3 is 2.75 bits per heavy atom. The van der Waals surface area contributed by atoms with Crippen LogP contribution in [0.2, 0.25) is 0 Å². The van der Waals surface area contributed by atoms with Crippen molar-refractivity contribution in [1.82, 2.24) is 9.97 Å². The second-order valence-corrected chi connectivity index (χ2v) is 3.40. The molecule has 0 aliphatic rings. The Bertz CT molecular complexity index is 506. The van der Waals surface area contributed by atoms with Crippen molar-refractivity contribution in [2.24, 2.45) is 4.99 Å². The predicted octanol–water partition coefficient (Wildman–Crippen LogP) is 2.12. The fraction of sp³-hybridized carbons (Fsp3) is 0.0833. The van der Waals surface area contributed by atoms with Crippen LogP contribution >= 0.6 is 0 Å². The lowest BCUT2D eigenvalue weighted by Crippen LogP contribution is -1.95. The Morgan fingerprint density at radius 2 is 2.00 bits per heavy atom. The van der Waals surface area contributed by atoms with E-state index in [9.17, 15) is 0 Å². The van der Waals surface area contributed by atoms with Gasteiger partial charge < -0.3 is 5.73 Å². The van der Waals surface area contributed by atoms with Gasteiger partial charge in [-0.05, 0) is 12.5 Å². The third-order valence-electron chi connectivity index (χ3n) is 2.10. The van der Waals surface area contributed by atoms with E-state index in [1.807, 2.05) is 37.3 Å².